The van der Waals surface area contributed by atoms with Gasteiger partial charge in [0.25, 0.3) is 0 Å². The van der Waals surface area contributed by atoms with Crippen molar-refractivity contribution in [1.29, 1.82) is 0 Å². The molecule has 2 atom stereocenters. The Kier molecular flexibility index (Phi) is 7.29. The second kappa shape index (κ2) is 10.9. The van der Waals surface area contributed by atoms with Crippen molar-refractivity contribution in [3.63, 3.8) is 0 Å². The summed E-state index contributed by atoms with van der Waals surface area (Å²) in [5.74, 6) is -0.846. The number of carbonyl (C=O) groups excluding carboxylic acids is 2. The summed E-state index contributed by atoms with van der Waals surface area (Å²) in [5.41, 5.74) is 0.581. The van der Waals surface area contributed by atoms with Crippen molar-refractivity contribution >= 4 is 40.6 Å². The van der Waals surface area contributed by atoms with E-state index in [2.05, 4.69) is 51.8 Å². The van der Waals surface area contributed by atoms with Crippen molar-refractivity contribution in [3.8, 4) is 0 Å². The van der Waals surface area contributed by atoms with Gasteiger partial charge in [-0.25, -0.2) is 4.74 Å². The van der Waals surface area contributed by atoms with Crippen molar-refractivity contribution in [2.45, 2.75) is 26.1 Å². The molecule has 0 radical (unpaired) electrons. The van der Waals surface area contributed by atoms with E-state index in [9.17, 15) is 9.59 Å². The summed E-state index contributed by atoms with van der Waals surface area (Å²) in [6.07, 6.45) is -1.86. The molecule has 0 amide bonds. The van der Waals surface area contributed by atoms with Crippen LogP contribution in [0.25, 0.3) is 0 Å². The monoisotopic (exact) mass is 528 g/mol. The van der Waals surface area contributed by atoms with Gasteiger partial charge in [-0.1, -0.05) is 91.0 Å². The van der Waals surface area contributed by atoms with Gasteiger partial charge in [0.2, 0.25) is 5.88 Å². The molecule has 2 heterocycles. The van der Waals surface area contributed by atoms with E-state index in [0.29, 0.717) is 5.71 Å². The average Bonchev–Trinajstić information content (AvgIpc) is 3.44. The molecule has 3 aromatic rings. The van der Waals surface area contributed by atoms with Crippen LogP contribution in [-0.2, 0) is 23.8 Å². The molecule has 2 aliphatic rings. The van der Waals surface area contributed by atoms with E-state index in [1.165, 1.54) is 13.8 Å². The Morgan fingerprint density at radius 1 is 0.842 bits per heavy atom. The molecule has 192 valence electrons. The van der Waals surface area contributed by atoms with Crippen LogP contribution in [0.15, 0.2) is 123 Å². The highest BCUT2D eigenvalue weighted by molar-refractivity contribution is 7.87. The van der Waals surface area contributed by atoms with Crippen LogP contribution in [0, 0.1) is 0 Å². The molecule has 0 saturated carbocycles. The third-order valence-corrected chi connectivity index (χ3v) is 9.60. The fraction of sp³-hybridized carbons (Fsp3) is 0.179. The Balaban J connectivity index is 1.78. The molecule has 5 rings (SSSR count). The molecular formula is C28H25N4O5P. The Labute approximate surface area is 219 Å². The summed E-state index contributed by atoms with van der Waals surface area (Å²) in [6, 6.07) is 30.1. The van der Waals surface area contributed by atoms with Gasteiger partial charge in [-0.2, -0.15) is 0 Å². The Hall–Kier alpha value is -4.36. The lowest BCUT2D eigenvalue weighted by atomic mass is 10.0. The number of ether oxygens (including phenoxy) is 3. The molecule has 0 aliphatic carbocycles. The molecule has 0 aromatic heterocycles. The lowest BCUT2D eigenvalue weighted by molar-refractivity contribution is -0.155. The van der Waals surface area contributed by atoms with Gasteiger partial charge in [-0.3, -0.25) is 9.59 Å². The number of hydrogen-bond donors (Lipinski definition) is 0. The van der Waals surface area contributed by atoms with E-state index < -0.39 is 31.2 Å². The minimum atomic E-state index is -2.71. The van der Waals surface area contributed by atoms with Crippen LogP contribution in [0.1, 0.15) is 13.8 Å². The van der Waals surface area contributed by atoms with Gasteiger partial charge < -0.3 is 14.2 Å². The number of rotatable bonds is 7. The SMILES string of the molecule is CC(=O)OC[C@H]1OC(N=P(c2ccccc2)(c2ccccc2)c2ccccc2)=C2N=NN=C2[C@@H]1OC(C)=O. The number of esters is 2. The van der Waals surface area contributed by atoms with Crippen molar-refractivity contribution in [1.82, 2.24) is 0 Å². The zero-order chi connectivity index (χ0) is 26.5. The summed E-state index contributed by atoms with van der Waals surface area (Å²) in [6.45, 7) is 2.41. The quantitative estimate of drug-likeness (QED) is 0.339. The molecule has 0 N–H and O–H groups in total. The molecule has 2 aliphatic heterocycles. The normalized spacial score (nSPS) is 18.2. The lowest BCUT2D eigenvalue weighted by Gasteiger charge is -2.33. The van der Waals surface area contributed by atoms with Crippen LogP contribution in [0.2, 0.25) is 0 Å². The second-order valence-corrected chi connectivity index (χ2v) is 11.6. The van der Waals surface area contributed by atoms with E-state index in [0.717, 1.165) is 15.9 Å². The van der Waals surface area contributed by atoms with E-state index in [4.69, 9.17) is 19.0 Å². The first-order valence-corrected chi connectivity index (χ1v) is 13.7. The first-order valence-electron chi connectivity index (χ1n) is 12.0. The first-order chi connectivity index (χ1) is 18.5. The predicted molar refractivity (Wildman–Crippen MR) is 144 cm³/mol. The van der Waals surface area contributed by atoms with E-state index in [1.807, 2.05) is 54.6 Å². The minimum absolute atomic E-state index is 0.175. The molecule has 0 unspecified atom stereocenters. The summed E-state index contributed by atoms with van der Waals surface area (Å²) >= 11 is 0. The van der Waals surface area contributed by atoms with Crippen LogP contribution in [-0.4, -0.2) is 36.5 Å². The van der Waals surface area contributed by atoms with Gasteiger partial charge in [0, 0.05) is 29.8 Å². The van der Waals surface area contributed by atoms with Crippen LogP contribution < -0.4 is 15.9 Å². The summed E-state index contributed by atoms with van der Waals surface area (Å²) in [5, 5.41) is 15.2. The van der Waals surface area contributed by atoms with Crippen LogP contribution >= 0.6 is 7.05 Å². The summed E-state index contributed by atoms with van der Waals surface area (Å²) < 4.78 is 22.5. The fourth-order valence-corrected chi connectivity index (χ4v) is 7.85. The Bertz CT molecular complexity index is 1380. The maximum atomic E-state index is 11.9. The van der Waals surface area contributed by atoms with Crippen molar-refractivity contribution in [3.05, 3.63) is 103 Å². The topological polar surface area (TPSA) is 111 Å². The van der Waals surface area contributed by atoms with Gasteiger partial charge in [0.05, 0.1) is 7.05 Å². The van der Waals surface area contributed by atoms with Gasteiger partial charge in [-0.05, 0) is 5.22 Å². The van der Waals surface area contributed by atoms with Gasteiger partial charge >= 0.3 is 11.9 Å². The highest BCUT2D eigenvalue weighted by atomic mass is 31.2. The zero-order valence-electron chi connectivity index (χ0n) is 20.8. The van der Waals surface area contributed by atoms with E-state index in [1.54, 1.807) is 0 Å². The van der Waals surface area contributed by atoms with Gasteiger partial charge in [0.1, 0.15) is 12.3 Å². The minimum Gasteiger partial charge on any atom is -0.465 e. The molecule has 0 saturated heterocycles. The third-order valence-electron chi connectivity index (χ3n) is 5.99. The molecule has 0 spiro atoms. The smallest absolute Gasteiger partial charge is 0.303 e. The fourth-order valence-electron chi connectivity index (χ4n) is 4.39. The van der Waals surface area contributed by atoms with Crippen LogP contribution in [0.3, 0.4) is 0 Å². The highest BCUT2D eigenvalue weighted by Crippen LogP contribution is 2.49. The number of benzene rings is 3. The highest BCUT2D eigenvalue weighted by Gasteiger charge is 2.44. The molecule has 38 heavy (non-hydrogen) atoms. The molecule has 9 nitrogen and oxygen atoms in total. The molecule has 10 heteroatoms. The van der Waals surface area contributed by atoms with Crippen molar-refractivity contribution < 1.29 is 23.8 Å². The Morgan fingerprint density at radius 3 is 1.84 bits per heavy atom. The third kappa shape index (κ3) is 4.93. The number of hydrogen-bond acceptors (Lipinski definition) is 9. The predicted octanol–water partition coefficient (Wildman–Crippen LogP) is 4.05. The lowest BCUT2D eigenvalue weighted by Crippen LogP contribution is -2.46. The van der Waals surface area contributed by atoms with Crippen LogP contribution in [0.4, 0.5) is 0 Å². The van der Waals surface area contributed by atoms with E-state index in [-0.39, 0.29) is 18.2 Å². The second-order valence-electron chi connectivity index (χ2n) is 8.56. The number of fused-ring (bicyclic) bond motifs is 1. The zero-order valence-corrected chi connectivity index (χ0v) is 21.7. The van der Waals surface area contributed by atoms with Gasteiger partial charge in [0.15, 0.2) is 17.9 Å². The van der Waals surface area contributed by atoms with Gasteiger partial charge in [-0.15, -0.1) is 10.2 Å². The van der Waals surface area contributed by atoms with Crippen molar-refractivity contribution in [2.24, 2.45) is 20.2 Å². The number of nitrogens with zero attached hydrogens (tertiary/aromatic N) is 4. The molecule has 0 bridgehead atoms. The van der Waals surface area contributed by atoms with E-state index >= 15 is 0 Å². The molecule has 3 aromatic carbocycles. The standard InChI is InChI=1S/C28H25N4O5P/c1-19(33)35-18-24-27(36-20(2)34)25-26(30-32-29-25)28(37-24)31-38(21-12-6-3-7-13-21,22-14-8-4-9-15-22)23-16-10-5-11-17-23/h3-17,24,27H,18H2,1-2H3/t24-,27-/m1/s1. The average molecular weight is 529 g/mol. The maximum absolute atomic E-state index is 11.9. The van der Waals surface area contributed by atoms with Crippen molar-refractivity contribution in [2.75, 3.05) is 6.61 Å². The Morgan fingerprint density at radius 2 is 1.37 bits per heavy atom. The first kappa shape index (κ1) is 25.3. The summed E-state index contributed by atoms with van der Waals surface area (Å²) in [4.78, 5) is 23.5. The van der Waals surface area contributed by atoms with Crippen LogP contribution in [0.5, 0.6) is 0 Å². The largest absolute Gasteiger partial charge is 0.465 e. The molecular weight excluding hydrogens is 503 g/mol. The maximum Gasteiger partial charge on any atom is 0.303 e. The molecule has 0 fully saturated rings. The summed E-state index contributed by atoms with van der Waals surface area (Å²) in [7, 11) is -2.71. The number of carbonyl (C=O) groups is 2.